The molecule has 1 saturated heterocycles. The molecule has 1 heterocycles. The van der Waals surface area contributed by atoms with Gasteiger partial charge in [-0.05, 0) is 24.8 Å². The number of hydrogen-bond acceptors (Lipinski definition) is 4. The lowest BCUT2D eigenvalue weighted by Gasteiger charge is -2.17. The van der Waals surface area contributed by atoms with Crippen LogP contribution >= 0.6 is 11.6 Å². The van der Waals surface area contributed by atoms with Crippen molar-refractivity contribution in [1.29, 1.82) is 0 Å². The van der Waals surface area contributed by atoms with E-state index in [1.54, 1.807) is 4.90 Å². The summed E-state index contributed by atoms with van der Waals surface area (Å²) >= 11 is 5.96. The summed E-state index contributed by atoms with van der Waals surface area (Å²) in [6.45, 7) is 1.24. The van der Waals surface area contributed by atoms with Gasteiger partial charge in [0, 0.05) is 31.8 Å². The summed E-state index contributed by atoms with van der Waals surface area (Å²) < 4.78 is 0. The summed E-state index contributed by atoms with van der Waals surface area (Å²) in [5.74, 6) is -0.0134. The highest BCUT2D eigenvalue weighted by atomic mass is 35.5. The van der Waals surface area contributed by atoms with Crippen molar-refractivity contribution < 1.29 is 14.8 Å². The normalized spacial score (nSPS) is 18.3. The molecule has 2 rings (SSSR count). The molecule has 0 aromatic heterocycles. The number of nitro benzene ring substituents is 1. The fourth-order valence-corrected chi connectivity index (χ4v) is 2.59. The quantitative estimate of drug-likeness (QED) is 0.681. The largest absolute Gasteiger partial charge is 0.396 e. The molecule has 108 valence electrons. The van der Waals surface area contributed by atoms with Crippen LogP contribution in [0.3, 0.4) is 0 Å². The van der Waals surface area contributed by atoms with E-state index in [1.807, 2.05) is 0 Å². The molecule has 1 amide bonds. The van der Waals surface area contributed by atoms with Crippen LogP contribution < -0.4 is 0 Å². The smallest absolute Gasteiger partial charge is 0.270 e. The van der Waals surface area contributed by atoms with Gasteiger partial charge in [-0.25, -0.2) is 0 Å². The molecule has 1 N–H and O–H groups in total. The monoisotopic (exact) mass is 298 g/mol. The van der Waals surface area contributed by atoms with Crippen LogP contribution in [-0.4, -0.2) is 40.5 Å². The van der Waals surface area contributed by atoms with Crippen LogP contribution in [-0.2, 0) is 0 Å². The number of carbonyl (C=O) groups is 1. The predicted molar refractivity (Wildman–Crippen MR) is 73.8 cm³/mol. The van der Waals surface area contributed by atoms with E-state index in [4.69, 9.17) is 16.7 Å². The van der Waals surface area contributed by atoms with E-state index >= 15 is 0 Å². The van der Waals surface area contributed by atoms with E-state index in [0.29, 0.717) is 19.5 Å². The van der Waals surface area contributed by atoms with Crippen molar-refractivity contribution in [3.63, 3.8) is 0 Å². The maximum atomic E-state index is 12.3. The number of non-ortho nitro benzene ring substituents is 1. The highest BCUT2D eigenvalue weighted by Gasteiger charge is 2.28. The first-order valence-electron chi connectivity index (χ1n) is 6.37. The first-order valence-corrected chi connectivity index (χ1v) is 6.74. The number of rotatable bonds is 4. The molecule has 1 aromatic rings. The zero-order chi connectivity index (χ0) is 14.7. The van der Waals surface area contributed by atoms with Gasteiger partial charge >= 0.3 is 0 Å². The molecule has 0 radical (unpaired) electrons. The second-order valence-electron chi connectivity index (χ2n) is 4.84. The highest BCUT2D eigenvalue weighted by Crippen LogP contribution is 2.26. The maximum absolute atomic E-state index is 12.3. The Morgan fingerprint density at radius 1 is 1.55 bits per heavy atom. The second kappa shape index (κ2) is 6.19. The lowest BCUT2D eigenvalue weighted by Crippen LogP contribution is -2.29. The van der Waals surface area contributed by atoms with Crippen LogP contribution in [0.1, 0.15) is 23.2 Å². The SMILES string of the molecule is O=C(c1cc([N+](=O)[O-])ccc1Cl)N1CCC(CCO)C1. The molecule has 1 unspecified atom stereocenters. The Morgan fingerprint density at radius 3 is 2.95 bits per heavy atom. The van der Waals surface area contributed by atoms with Crippen LogP contribution in [0.25, 0.3) is 0 Å². The van der Waals surface area contributed by atoms with Crippen molar-refractivity contribution in [2.45, 2.75) is 12.8 Å². The topological polar surface area (TPSA) is 83.7 Å². The van der Waals surface area contributed by atoms with Gasteiger partial charge in [-0.3, -0.25) is 14.9 Å². The molecule has 1 atom stereocenters. The van der Waals surface area contributed by atoms with Crippen molar-refractivity contribution in [2.75, 3.05) is 19.7 Å². The fourth-order valence-electron chi connectivity index (χ4n) is 2.40. The Bertz CT molecular complexity index is 535. The van der Waals surface area contributed by atoms with E-state index in [1.165, 1.54) is 18.2 Å². The molecule has 0 bridgehead atoms. The molecule has 1 fully saturated rings. The fraction of sp³-hybridized carbons (Fsp3) is 0.462. The van der Waals surface area contributed by atoms with Crippen molar-refractivity contribution >= 4 is 23.2 Å². The highest BCUT2D eigenvalue weighted by molar-refractivity contribution is 6.33. The number of halogens is 1. The third-order valence-corrected chi connectivity index (χ3v) is 3.83. The Morgan fingerprint density at radius 2 is 2.30 bits per heavy atom. The third kappa shape index (κ3) is 3.08. The molecule has 0 saturated carbocycles. The number of nitro groups is 1. The minimum Gasteiger partial charge on any atom is -0.396 e. The van der Waals surface area contributed by atoms with Crippen LogP contribution in [0.4, 0.5) is 5.69 Å². The number of nitrogens with zero attached hydrogens (tertiary/aromatic N) is 2. The summed E-state index contributed by atoms with van der Waals surface area (Å²) in [7, 11) is 0. The van der Waals surface area contributed by atoms with Gasteiger partial charge in [0.15, 0.2) is 0 Å². The molecular weight excluding hydrogens is 284 g/mol. The summed E-state index contributed by atoms with van der Waals surface area (Å²) in [6.07, 6.45) is 1.49. The van der Waals surface area contributed by atoms with E-state index in [9.17, 15) is 14.9 Å². The molecule has 1 aliphatic heterocycles. The number of aliphatic hydroxyl groups excluding tert-OH is 1. The third-order valence-electron chi connectivity index (χ3n) is 3.50. The average Bonchev–Trinajstić information content (AvgIpc) is 2.87. The first kappa shape index (κ1) is 14.7. The molecule has 20 heavy (non-hydrogen) atoms. The van der Waals surface area contributed by atoms with Gasteiger partial charge in [-0.1, -0.05) is 11.6 Å². The summed E-state index contributed by atoms with van der Waals surface area (Å²) in [6, 6.07) is 3.86. The van der Waals surface area contributed by atoms with Crippen molar-refractivity contribution in [3.8, 4) is 0 Å². The first-order chi connectivity index (χ1) is 9.52. The number of carbonyl (C=O) groups excluding carboxylic acids is 1. The molecule has 1 aliphatic rings. The number of aliphatic hydroxyl groups is 1. The van der Waals surface area contributed by atoms with E-state index in [-0.39, 0.29) is 34.7 Å². The van der Waals surface area contributed by atoms with Gasteiger partial charge in [0.2, 0.25) is 0 Å². The number of likely N-dealkylation sites (tertiary alicyclic amines) is 1. The summed E-state index contributed by atoms with van der Waals surface area (Å²) in [5.41, 5.74) is 0.00868. The average molecular weight is 299 g/mol. The Balaban J connectivity index is 2.17. The van der Waals surface area contributed by atoms with Crippen LogP contribution in [0.15, 0.2) is 18.2 Å². The predicted octanol–water partition coefficient (Wildman–Crippen LogP) is 2.09. The zero-order valence-electron chi connectivity index (χ0n) is 10.8. The van der Waals surface area contributed by atoms with Crippen molar-refractivity contribution in [1.82, 2.24) is 4.90 Å². The Kier molecular flexibility index (Phi) is 4.57. The lowest BCUT2D eigenvalue weighted by atomic mass is 10.1. The van der Waals surface area contributed by atoms with Crippen molar-refractivity contribution in [3.05, 3.63) is 38.9 Å². The summed E-state index contributed by atoms with van der Waals surface area (Å²) in [5, 5.41) is 19.9. The Hall–Kier alpha value is -1.66. The van der Waals surface area contributed by atoms with Crippen LogP contribution in [0, 0.1) is 16.0 Å². The maximum Gasteiger partial charge on any atom is 0.270 e. The van der Waals surface area contributed by atoms with Gasteiger partial charge in [-0.2, -0.15) is 0 Å². The number of amides is 1. The van der Waals surface area contributed by atoms with E-state index in [0.717, 1.165) is 6.42 Å². The van der Waals surface area contributed by atoms with Gasteiger partial charge in [0.05, 0.1) is 15.5 Å². The molecule has 0 spiro atoms. The molecule has 7 heteroatoms. The van der Waals surface area contributed by atoms with Gasteiger partial charge in [0.25, 0.3) is 11.6 Å². The molecule has 6 nitrogen and oxygen atoms in total. The van der Waals surface area contributed by atoms with Crippen molar-refractivity contribution in [2.24, 2.45) is 5.92 Å². The lowest BCUT2D eigenvalue weighted by molar-refractivity contribution is -0.384. The number of hydrogen-bond donors (Lipinski definition) is 1. The van der Waals surface area contributed by atoms with Gasteiger partial charge in [0.1, 0.15) is 0 Å². The van der Waals surface area contributed by atoms with Gasteiger partial charge in [-0.15, -0.1) is 0 Å². The molecular formula is C13H15ClN2O4. The Labute approximate surface area is 121 Å². The summed E-state index contributed by atoms with van der Waals surface area (Å²) in [4.78, 5) is 24.2. The van der Waals surface area contributed by atoms with Gasteiger partial charge < -0.3 is 10.0 Å². The number of benzene rings is 1. The minimum absolute atomic E-state index is 0.101. The standard InChI is InChI=1S/C13H15ClN2O4/c14-12-2-1-10(16(19)20)7-11(12)13(18)15-5-3-9(8-15)4-6-17/h1-2,7,9,17H,3-6,8H2. The second-order valence-corrected chi connectivity index (χ2v) is 5.25. The molecule has 0 aliphatic carbocycles. The van der Waals surface area contributed by atoms with Crippen LogP contribution in [0.2, 0.25) is 5.02 Å². The van der Waals surface area contributed by atoms with Crippen LogP contribution in [0.5, 0.6) is 0 Å². The van der Waals surface area contributed by atoms with E-state index in [2.05, 4.69) is 0 Å². The zero-order valence-corrected chi connectivity index (χ0v) is 11.5. The molecule has 1 aromatic carbocycles. The van der Waals surface area contributed by atoms with E-state index < -0.39 is 4.92 Å². The minimum atomic E-state index is -0.550.